The number of thiazole rings is 1. The normalized spacial score (nSPS) is 13.2. The van der Waals surface area contributed by atoms with Crippen LogP contribution < -0.4 is 10.6 Å². The van der Waals surface area contributed by atoms with Crippen molar-refractivity contribution in [3.8, 4) is 0 Å². The minimum absolute atomic E-state index is 0.323. The second kappa shape index (κ2) is 7.24. The molecule has 0 spiro atoms. The van der Waals surface area contributed by atoms with Crippen LogP contribution in [0, 0.1) is 13.8 Å². The summed E-state index contributed by atoms with van der Waals surface area (Å²) in [6, 6.07) is 3.60. The van der Waals surface area contributed by atoms with Crippen molar-refractivity contribution in [1.82, 2.24) is 15.6 Å². The van der Waals surface area contributed by atoms with Crippen molar-refractivity contribution in [2.75, 3.05) is 13.6 Å². The highest BCUT2D eigenvalue weighted by molar-refractivity contribution is 7.09. The van der Waals surface area contributed by atoms with Gasteiger partial charge in [0.1, 0.15) is 22.6 Å². The van der Waals surface area contributed by atoms with Crippen molar-refractivity contribution in [3.05, 3.63) is 39.7 Å². The number of aliphatic imine (C=N–C) groups is 1. The van der Waals surface area contributed by atoms with Gasteiger partial charge in [0.2, 0.25) is 0 Å². The number of aliphatic hydroxyl groups is 1. The number of rotatable bonds is 5. The van der Waals surface area contributed by atoms with Gasteiger partial charge in [0.25, 0.3) is 0 Å². The Bertz CT molecular complexity index is 606. The van der Waals surface area contributed by atoms with Crippen LogP contribution in [0.1, 0.15) is 28.3 Å². The first kappa shape index (κ1) is 15.5. The summed E-state index contributed by atoms with van der Waals surface area (Å²) in [5.74, 6) is 1.95. The minimum atomic E-state index is -0.709. The molecule has 2 rings (SSSR count). The van der Waals surface area contributed by atoms with Gasteiger partial charge in [-0.2, -0.15) is 0 Å². The first-order chi connectivity index (χ1) is 10.1. The van der Waals surface area contributed by atoms with Gasteiger partial charge < -0.3 is 20.2 Å². The third-order valence-electron chi connectivity index (χ3n) is 2.85. The van der Waals surface area contributed by atoms with Crippen LogP contribution in [-0.2, 0) is 6.54 Å². The van der Waals surface area contributed by atoms with E-state index in [0.717, 1.165) is 16.5 Å². The number of aryl methyl sites for hydroxylation is 2. The molecular formula is C14H20N4O2S. The summed E-state index contributed by atoms with van der Waals surface area (Å²) >= 11 is 1.61. The molecule has 3 N–H and O–H groups in total. The summed E-state index contributed by atoms with van der Waals surface area (Å²) < 4.78 is 5.38. The van der Waals surface area contributed by atoms with Gasteiger partial charge in [-0.05, 0) is 26.0 Å². The molecule has 114 valence electrons. The Morgan fingerprint density at radius 3 is 2.81 bits per heavy atom. The molecule has 7 heteroatoms. The van der Waals surface area contributed by atoms with Gasteiger partial charge in [0, 0.05) is 18.1 Å². The molecule has 0 fully saturated rings. The van der Waals surface area contributed by atoms with Crippen LogP contribution in [0.3, 0.4) is 0 Å². The number of hydrogen-bond acceptors (Lipinski definition) is 5. The van der Waals surface area contributed by atoms with E-state index >= 15 is 0 Å². The third-order valence-corrected chi connectivity index (χ3v) is 3.82. The Labute approximate surface area is 127 Å². The summed E-state index contributed by atoms with van der Waals surface area (Å²) in [6.45, 7) is 4.74. The number of aliphatic hydroxyl groups excluding tert-OH is 1. The Morgan fingerprint density at radius 2 is 2.24 bits per heavy atom. The highest BCUT2D eigenvalue weighted by Gasteiger charge is 2.12. The predicted molar refractivity (Wildman–Crippen MR) is 83.5 cm³/mol. The average Bonchev–Trinajstić information content (AvgIpc) is 3.07. The average molecular weight is 308 g/mol. The van der Waals surface area contributed by atoms with Crippen molar-refractivity contribution < 1.29 is 9.52 Å². The molecular weight excluding hydrogens is 288 g/mol. The van der Waals surface area contributed by atoms with Gasteiger partial charge in [-0.1, -0.05) is 0 Å². The monoisotopic (exact) mass is 308 g/mol. The van der Waals surface area contributed by atoms with Crippen LogP contribution in [0.5, 0.6) is 0 Å². The third kappa shape index (κ3) is 4.57. The van der Waals surface area contributed by atoms with E-state index in [0.29, 0.717) is 24.8 Å². The highest BCUT2D eigenvalue weighted by Crippen LogP contribution is 2.15. The molecule has 0 aliphatic carbocycles. The van der Waals surface area contributed by atoms with Crippen LogP contribution in [-0.4, -0.2) is 29.6 Å². The molecule has 0 radical (unpaired) electrons. The Morgan fingerprint density at radius 1 is 1.43 bits per heavy atom. The molecule has 0 amide bonds. The molecule has 2 aromatic heterocycles. The number of nitrogens with one attached hydrogen (secondary N) is 2. The summed E-state index contributed by atoms with van der Waals surface area (Å²) in [6.07, 6.45) is -0.709. The second-order valence-corrected chi connectivity index (χ2v) is 5.60. The van der Waals surface area contributed by atoms with Crippen LogP contribution in [0.25, 0.3) is 0 Å². The summed E-state index contributed by atoms with van der Waals surface area (Å²) in [7, 11) is 1.69. The minimum Gasteiger partial charge on any atom is -0.464 e. The lowest BCUT2D eigenvalue weighted by molar-refractivity contribution is 0.151. The largest absolute Gasteiger partial charge is 0.464 e. The fourth-order valence-electron chi connectivity index (χ4n) is 1.79. The van der Waals surface area contributed by atoms with Gasteiger partial charge in [0.15, 0.2) is 5.96 Å². The highest BCUT2D eigenvalue weighted by atomic mass is 32.1. The first-order valence-corrected chi connectivity index (χ1v) is 7.56. The molecule has 0 aliphatic heterocycles. The van der Waals surface area contributed by atoms with E-state index in [1.165, 1.54) is 0 Å². The molecule has 2 aromatic rings. The topological polar surface area (TPSA) is 82.7 Å². The fraction of sp³-hybridized carbons (Fsp3) is 0.429. The number of furan rings is 1. The van der Waals surface area contributed by atoms with E-state index in [1.807, 2.05) is 25.3 Å². The quantitative estimate of drug-likeness (QED) is 0.579. The van der Waals surface area contributed by atoms with Crippen molar-refractivity contribution in [3.63, 3.8) is 0 Å². The van der Waals surface area contributed by atoms with E-state index in [1.54, 1.807) is 24.5 Å². The second-order valence-electron chi connectivity index (χ2n) is 4.65. The molecule has 0 saturated carbocycles. The zero-order valence-corrected chi connectivity index (χ0v) is 13.2. The number of nitrogens with zero attached hydrogens (tertiary/aromatic N) is 2. The lowest BCUT2D eigenvalue weighted by Gasteiger charge is -2.13. The SMILES string of the molecule is CN=C(NCc1nc(C)cs1)NCC(O)c1ccc(C)o1. The maximum atomic E-state index is 10.0. The van der Waals surface area contributed by atoms with Crippen LogP contribution in [0.15, 0.2) is 26.9 Å². The Balaban J connectivity index is 1.80. The zero-order chi connectivity index (χ0) is 15.2. The molecule has 0 aromatic carbocycles. The van der Waals surface area contributed by atoms with Crippen molar-refractivity contribution >= 4 is 17.3 Å². The van der Waals surface area contributed by atoms with Gasteiger partial charge in [-0.25, -0.2) is 4.98 Å². The molecule has 2 heterocycles. The van der Waals surface area contributed by atoms with Gasteiger partial charge in [0.05, 0.1) is 13.1 Å². The molecule has 1 unspecified atom stereocenters. The smallest absolute Gasteiger partial charge is 0.191 e. The fourth-order valence-corrected chi connectivity index (χ4v) is 2.50. The maximum Gasteiger partial charge on any atom is 0.191 e. The van der Waals surface area contributed by atoms with Crippen molar-refractivity contribution in [2.45, 2.75) is 26.5 Å². The standard InChI is InChI=1S/C14H20N4O2S/c1-9-8-21-13(18-9)7-17-14(15-3)16-6-11(19)12-5-4-10(2)20-12/h4-5,8,11,19H,6-7H2,1-3H3,(H2,15,16,17). The van der Waals surface area contributed by atoms with Crippen molar-refractivity contribution in [2.24, 2.45) is 4.99 Å². The van der Waals surface area contributed by atoms with Crippen LogP contribution in [0.2, 0.25) is 0 Å². The van der Waals surface area contributed by atoms with Crippen LogP contribution in [0.4, 0.5) is 0 Å². The van der Waals surface area contributed by atoms with Gasteiger partial charge in [-0.15, -0.1) is 11.3 Å². The Kier molecular flexibility index (Phi) is 5.35. The number of hydrogen-bond donors (Lipinski definition) is 3. The summed E-state index contributed by atoms with van der Waals surface area (Å²) in [4.78, 5) is 8.48. The maximum absolute atomic E-state index is 10.0. The van der Waals surface area contributed by atoms with Gasteiger partial charge in [-0.3, -0.25) is 4.99 Å². The van der Waals surface area contributed by atoms with Gasteiger partial charge >= 0.3 is 0 Å². The summed E-state index contributed by atoms with van der Waals surface area (Å²) in [5, 5.41) is 19.2. The number of guanidine groups is 1. The lowest BCUT2D eigenvalue weighted by Crippen LogP contribution is -2.38. The predicted octanol–water partition coefficient (Wildman–Crippen LogP) is 1.75. The molecule has 0 bridgehead atoms. The molecule has 21 heavy (non-hydrogen) atoms. The van der Waals surface area contributed by atoms with E-state index in [9.17, 15) is 5.11 Å². The first-order valence-electron chi connectivity index (χ1n) is 6.68. The summed E-state index contributed by atoms with van der Waals surface area (Å²) in [5.41, 5.74) is 1.02. The number of aromatic nitrogens is 1. The Hall–Kier alpha value is -1.86. The molecule has 6 nitrogen and oxygen atoms in total. The lowest BCUT2D eigenvalue weighted by atomic mass is 10.3. The van der Waals surface area contributed by atoms with E-state index in [2.05, 4.69) is 20.6 Å². The van der Waals surface area contributed by atoms with Crippen molar-refractivity contribution in [1.29, 1.82) is 0 Å². The van der Waals surface area contributed by atoms with E-state index in [4.69, 9.17) is 4.42 Å². The molecule has 0 saturated heterocycles. The van der Waals surface area contributed by atoms with Crippen LogP contribution >= 0.6 is 11.3 Å². The van der Waals surface area contributed by atoms with E-state index in [-0.39, 0.29) is 0 Å². The molecule has 1 atom stereocenters. The zero-order valence-electron chi connectivity index (χ0n) is 12.4. The van der Waals surface area contributed by atoms with E-state index < -0.39 is 6.10 Å². The molecule has 0 aliphatic rings.